The number of benzene rings is 1. The molecular formula is C15H21F2N. The summed E-state index contributed by atoms with van der Waals surface area (Å²) in [4.78, 5) is 0. The number of hydrogen-bond donors (Lipinski definition) is 1. The average Bonchev–Trinajstić information content (AvgIpc) is 3.15. The first kappa shape index (κ1) is 13.5. The Labute approximate surface area is 108 Å². The smallest absolute Gasteiger partial charge is 0.126 e. The zero-order valence-corrected chi connectivity index (χ0v) is 11.1. The molecule has 0 saturated heterocycles. The van der Waals surface area contributed by atoms with E-state index in [2.05, 4.69) is 19.2 Å². The minimum atomic E-state index is -0.361. The van der Waals surface area contributed by atoms with Gasteiger partial charge in [-0.1, -0.05) is 13.8 Å². The lowest BCUT2D eigenvalue weighted by Gasteiger charge is -2.29. The highest BCUT2D eigenvalue weighted by atomic mass is 19.1. The van der Waals surface area contributed by atoms with Crippen molar-refractivity contribution in [3.05, 3.63) is 35.4 Å². The molecule has 0 bridgehead atoms. The van der Waals surface area contributed by atoms with Gasteiger partial charge in [-0.15, -0.1) is 0 Å². The van der Waals surface area contributed by atoms with Gasteiger partial charge >= 0.3 is 0 Å². The van der Waals surface area contributed by atoms with Crippen LogP contribution < -0.4 is 5.32 Å². The van der Waals surface area contributed by atoms with Gasteiger partial charge in [-0.2, -0.15) is 0 Å². The second kappa shape index (κ2) is 5.35. The van der Waals surface area contributed by atoms with Gasteiger partial charge in [-0.25, -0.2) is 8.78 Å². The number of hydrogen-bond acceptors (Lipinski definition) is 1. The SMILES string of the molecule is CCC(C)(CNC1CC1)Cc1cc(F)ccc1F. The van der Waals surface area contributed by atoms with Crippen LogP contribution in [0, 0.1) is 17.0 Å². The summed E-state index contributed by atoms with van der Waals surface area (Å²) in [6.45, 7) is 5.10. The Morgan fingerprint density at radius 1 is 1.33 bits per heavy atom. The fourth-order valence-corrected chi connectivity index (χ4v) is 2.13. The van der Waals surface area contributed by atoms with Gasteiger partial charge in [0.05, 0.1) is 0 Å². The van der Waals surface area contributed by atoms with Crippen LogP contribution in [0.4, 0.5) is 8.78 Å². The molecule has 0 spiro atoms. The van der Waals surface area contributed by atoms with E-state index in [1.807, 2.05) is 0 Å². The standard InChI is InChI=1S/C15H21F2N/c1-3-15(2,10-18-13-5-6-13)9-11-8-12(16)4-7-14(11)17/h4,7-8,13,18H,3,5-6,9-10H2,1-2H3. The van der Waals surface area contributed by atoms with E-state index in [1.165, 1.54) is 31.0 Å². The quantitative estimate of drug-likeness (QED) is 0.815. The molecule has 1 saturated carbocycles. The second-order valence-corrected chi connectivity index (χ2v) is 5.73. The van der Waals surface area contributed by atoms with Crippen LogP contribution in [-0.2, 0) is 6.42 Å². The highest BCUT2D eigenvalue weighted by Crippen LogP contribution is 2.29. The lowest BCUT2D eigenvalue weighted by atomic mass is 9.81. The molecule has 3 heteroatoms. The van der Waals surface area contributed by atoms with Gasteiger partial charge in [0.2, 0.25) is 0 Å². The molecule has 100 valence electrons. The fraction of sp³-hybridized carbons (Fsp3) is 0.600. The lowest BCUT2D eigenvalue weighted by Crippen LogP contribution is -2.34. The molecule has 0 radical (unpaired) electrons. The molecule has 1 aromatic rings. The second-order valence-electron chi connectivity index (χ2n) is 5.73. The molecule has 2 rings (SSSR count). The van der Waals surface area contributed by atoms with Crippen molar-refractivity contribution in [3.63, 3.8) is 0 Å². The fourth-order valence-electron chi connectivity index (χ4n) is 2.13. The van der Waals surface area contributed by atoms with Crippen molar-refractivity contribution in [2.45, 2.75) is 45.6 Å². The summed E-state index contributed by atoms with van der Waals surface area (Å²) >= 11 is 0. The summed E-state index contributed by atoms with van der Waals surface area (Å²) in [6, 6.07) is 4.35. The molecular weight excluding hydrogens is 232 g/mol. The van der Waals surface area contributed by atoms with Gasteiger partial charge in [0, 0.05) is 12.6 Å². The van der Waals surface area contributed by atoms with Crippen molar-refractivity contribution in [3.8, 4) is 0 Å². The third-order valence-electron chi connectivity index (χ3n) is 3.87. The number of halogens is 2. The third-order valence-corrected chi connectivity index (χ3v) is 3.87. The summed E-state index contributed by atoms with van der Waals surface area (Å²) in [5.74, 6) is -0.664. The molecule has 1 aromatic carbocycles. The minimum absolute atomic E-state index is 0.0166. The van der Waals surface area contributed by atoms with E-state index in [-0.39, 0.29) is 17.0 Å². The number of nitrogens with one attached hydrogen (secondary N) is 1. The lowest BCUT2D eigenvalue weighted by molar-refractivity contribution is 0.285. The van der Waals surface area contributed by atoms with Crippen LogP contribution in [0.25, 0.3) is 0 Å². The Bertz CT molecular complexity index is 415. The van der Waals surface area contributed by atoms with E-state index in [0.29, 0.717) is 18.0 Å². The van der Waals surface area contributed by atoms with Gasteiger partial charge in [-0.05, 0) is 54.9 Å². The third kappa shape index (κ3) is 3.52. The summed E-state index contributed by atoms with van der Waals surface area (Å²) in [5.41, 5.74) is 0.467. The van der Waals surface area contributed by atoms with Gasteiger partial charge in [0.25, 0.3) is 0 Å². The van der Waals surface area contributed by atoms with Crippen LogP contribution in [0.3, 0.4) is 0 Å². The van der Waals surface area contributed by atoms with E-state index >= 15 is 0 Å². The van der Waals surface area contributed by atoms with E-state index in [0.717, 1.165) is 13.0 Å². The first-order valence-corrected chi connectivity index (χ1v) is 6.70. The highest BCUT2D eigenvalue weighted by Gasteiger charge is 2.28. The maximum Gasteiger partial charge on any atom is 0.126 e. The zero-order chi connectivity index (χ0) is 13.2. The minimum Gasteiger partial charge on any atom is -0.313 e. The first-order chi connectivity index (χ1) is 8.52. The monoisotopic (exact) mass is 253 g/mol. The van der Waals surface area contributed by atoms with Gasteiger partial charge in [-0.3, -0.25) is 0 Å². The van der Waals surface area contributed by atoms with Crippen molar-refractivity contribution in [1.82, 2.24) is 5.32 Å². The molecule has 0 amide bonds. The maximum atomic E-state index is 13.7. The normalized spacial score (nSPS) is 18.7. The van der Waals surface area contributed by atoms with Crippen molar-refractivity contribution in [1.29, 1.82) is 0 Å². The Morgan fingerprint density at radius 3 is 2.67 bits per heavy atom. The summed E-state index contributed by atoms with van der Waals surface area (Å²) in [6.07, 6.45) is 4.01. The predicted molar refractivity (Wildman–Crippen MR) is 69.5 cm³/mol. The van der Waals surface area contributed by atoms with Crippen LogP contribution in [0.5, 0.6) is 0 Å². The largest absolute Gasteiger partial charge is 0.313 e. The first-order valence-electron chi connectivity index (χ1n) is 6.70. The van der Waals surface area contributed by atoms with Crippen LogP contribution >= 0.6 is 0 Å². The van der Waals surface area contributed by atoms with E-state index in [1.54, 1.807) is 0 Å². The van der Waals surface area contributed by atoms with Crippen molar-refractivity contribution >= 4 is 0 Å². The molecule has 1 fully saturated rings. The number of rotatable bonds is 6. The van der Waals surface area contributed by atoms with E-state index < -0.39 is 0 Å². The molecule has 18 heavy (non-hydrogen) atoms. The summed E-state index contributed by atoms with van der Waals surface area (Å²) < 4.78 is 26.8. The molecule has 1 aliphatic rings. The highest BCUT2D eigenvalue weighted by molar-refractivity contribution is 5.20. The van der Waals surface area contributed by atoms with Crippen LogP contribution in [-0.4, -0.2) is 12.6 Å². The Kier molecular flexibility index (Phi) is 4.00. The van der Waals surface area contributed by atoms with Crippen molar-refractivity contribution < 1.29 is 8.78 Å². The molecule has 1 nitrogen and oxygen atoms in total. The van der Waals surface area contributed by atoms with Gasteiger partial charge in [0.15, 0.2) is 0 Å². The molecule has 0 heterocycles. The van der Waals surface area contributed by atoms with Gasteiger partial charge < -0.3 is 5.32 Å². The zero-order valence-electron chi connectivity index (χ0n) is 11.1. The van der Waals surface area contributed by atoms with Crippen LogP contribution in [0.2, 0.25) is 0 Å². The topological polar surface area (TPSA) is 12.0 Å². The molecule has 1 N–H and O–H groups in total. The molecule has 0 aliphatic heterocycles. The average molecular weight is 253 g/mol. The molecule has 1 unspecified atom stereocenters. The molecule has 1 atom stereocenters. The van der Waals surface area contributed by atoms with E-state index in [9.17, 15) is 8.78 Å². The Balaban J connectivity index is 2.04. The summed E-state index contributed by atoms with van der Waals surface area (Å²) in [5, 5.41) is 3.49. The van der Waals surface area contributed by atoms with Crippen LogP contribution in [0.15, 0.2) is 18.2 Å². The van der Waals surface area contributed by atoms with E-state index in [4.69, 9.17) is 0 Å². The Hall–Kier alpha value is -0.960. The maximum absolute atomic E-state index is 13.7. The summed E-state index contributed by atoms with van der Waals surface area (Å²) in [7, 11) is 0. The predicted octanol–water partition coefficient (Wildman–Crippen LogP) is 3.68. The molecule has 1 aliphatic carbocycles. The van der Waals surface area contributed by atoms with Gasteiger partial charge in [0.1, 0.15) is 11.6 Å². The molecule has 0 aromatic heterocycles. The van der Waals surface area contributed by atoms with Crippen molar-refractivity contribution in [2.24, 2.45) is 5.41 Å². The Morgan fingerprint density at radius 2 is 2.06 bits per heavy atom. The van der Waals surface area contributed by atoms with Crippen molar-refractivity contribution in [2.75, 3.05) is 6.54 Å². The van der Waals surface area contributed by atoms with Crippen LogP contribution in [0.1, 0.15) is 38.7 Å².